The molecular formula is C16H32N2O. The first kappa shape index (κ1) is 16.5. The summed E-state index contributed by atoms with van der Waals surface area (Å²) in [5.74, 6) is 1.58. The molecule has 2 atom stereocenters. The minimum atomic E-state index is 0.0611. The minimum Gasteiger partial charge on any atom is -0.329 e. The molecule has 0 aliphatic carbocycles. The van der Waals surface area contributed by atoms with Gasteiger partial charge in [-0.05, 0) is 18.3 Å². The first-order valence-corrected chi connectivity index (χ1v) is 8.08. The van der Waals surface area contributed by atoms with Gasteiger partial charge in [0.1, 0.15) is 0 Å². The monoisotopic (exact) mass is 268 g/mol. The lowest BCUT2D eigenvalue weighted by molar-refractivity contribution is -0.129. The number of nitrogens with zero attached hydrogens (tertiary/aromatic N) is 1. The summed E-state index contributed by atoms with van der Waals surface area (Å²) in [4.78, 5) is 14.2. The number of amides is 1. The Balaban J connectivity index is 2.12. The number of nitrogens with one attached hydrogen (secondary N) is 1. The van der Waals surface area contributed by atoms with Crippen molar-refractivity contribution in [3.8, 4) is 0 Å². The highest BCUT2D eigenvalue weighted by atomic mass is 16.2. The topological polar surface area (TPSA) is 32.3 Å². The van der Waals surface area contributed by atoms with E-state index in [0.717, 1.165) is 32.0 Å². The summed E-state index contributed by atoms with van der Waals surface area (Å²) in [6, 6.07) is 0.0611. The van der Waals surface area contributed by atoms with Crippen LogP contribution in [0.4, 0.5) is 0 Å². The Bertz CT molecular complexity index is 265. The fourth-order valence-electron chi connectivity index (χ4n) is 2.65. The summed E-state index contributed by atoms with van der Waals surface area (Å²) in [6.45, 7) is 10.6. The van der Waals surface area contributed by atoms with Gasteiger partial charge >= 0.3 is 0 Å². The summed E-state index contributed by atoms with van der Waals surface area (Å²) >= 11 is 0. The van der Waals surface area contributed by atoms with Crippen LogP contribution in [0, 0.1) is 11.8 Å². The molecule has 0 saturated carbocycles. The fourth-order valence-corrected chi connectivity index (χ4v) is 2.65. The smallest absolute Gasteiger partial charge is 0.241 e. The number of hydrogen-bond donors (Lipinski definition) is 1. The van der Waals surface area contributed by atoms with Gasteiger partial charge in [0.2, 0.25) is 5.91 Å². The molecule has 1 amide bonds. The van der Waals surface area contributed by atoms with E-state index in [2.05, 4.69) is 33.0 Å². The molecule has 112 valence electrons. The molecular weight excluding hydrogens is 236 g/mol. The third-order valence-electron chi connectivity index (χ3n) is 4.25. The van der Waals surface area contributed by atoms with Gasteiger partial charge in [-0.25, -0.2) is 0 Å². The molecule has 0 spiro atoms. The molecule has 3 nitrogen and oxygen atoms in total. The zero-order valence-electron chi connectivity index (χ0n) is 13.2. The third kappa shape index (κ3) is 5.52. The quantitative estimate of drug-likeness (QED) is 0.650. The van der Waals surface area contributed by atoms with Crippen LogP contribution in [0.3, 0.4) is 0 Å². The zero-order chi connectivity index (χ0) is 14.3. The Morgan fingerprint density at radius 1 is 1.21 bits per heavy atom. The van der Waals surface area contributed by atoms with Crippen molar-refractivity contribution in [2.45, 2.75) is 72.3 Å². The van der Waals surface area contributed by atoms with Gasteiger partial charge in [-0.1, -0.05) is 59.8 Å². The summed E-state index contributed by atoms with van der Waals surface area (Å²) in [5, 5.41) is 3.35. The molecule has 0 radical (unpaired) electrons. The van der Waals surface area contributed by atoms with Gasteiger partial charge in [0.05, 0.1) is 12.7 Å². The molecule has 1 saturated heterocycles. The molecule has 19 heavy (non-hydrogen) atoms. The fraction of sp³-hybridized carbons (Fsp3) is 0.938. The van der Waals surface area contributed by atoms with Crippen LogP contribution in [0.1, 0.15) is 66.2 Å². The molecule has 1 aliphatic heterocycles. The molecule has 1 fully saturated rings. The van der Waals surface area contributed by atoms with Crippen LogP contribution in [0.25, 0.3) is 0 Å². The van der Waals surface area contributed by atoms with Crippen molar-refractivity contribution in [3.63, 3.8) is 0 Å². The highest BCUT2D eigenvalue weighted by Crippen LogP contribution is 2.16. The van der Waals surface area contributed by atoms with Crippen molar-refractivity contribution < 1.29 is 4.79 Å². The predicted octanol–water partition coefficient (Wildman–Crippen LogP) is 3.40. The molecule has 0 bridgehead atoms. The van der Waals surface area contributed by atoms with Crippen LogP contribution in [-0.2, 0) is 4.79 Å². The zero-order valence-corrected chi connectivity index (χ0v) is 13.2. The lowest BCUT2D eigenvalue weighted by Gasteiger charge is -2.18. The number of carbonyl (C=O) groups excluding carboxylic acids is 1. The average Bonchev–Trinajstić information content (AvgIpc) is 2.74. The summed E-state index contributed by atoms with van der Waals surface area (Å²) in [5.41, 5.74) is 0. The van der Waals surface area contributed by atoms with E-state index in [4.69, 9.17) is 0 Å². The molecule has 1 aliphatic rings. The maximum absolute atomic E-state index is 12.2. The molecule has 1 rings (SSSR count). The van der Waals surface area contributed by atoms with Gasteiger partial charge in [0, 0.05) is 6.54 Å². The molecule has 0 aromatic rings. The number of unbranched alkanes of at least 4 members (excludes halogenated alkanes) is 3. The number of carbonyl (C=O) groups is 1. The molecule has 1 N–H and O–H groups in total. The Morgan fingerprint density at radius 2 is 1.89 bits per heavy atom. The van der Waals surface area contributed by atoms with E-state index >= 15 is 0 Å². The Hall–Kier alpha value is -0.570. The van der Waals surface area contributed by atoms with Crippen LogP contribution in [0.5, 0.6) is 0 Å². The van der Waals surface area contributed by atoms with Crippen LogP contribution in [-0.4, -0.2) is 30.1 Å². The second-order valence-electron chi connectivity index (χ2n) is 6.42. The van der Waals surface area contributed by atoms with Gasteiger partial charge in [-0.2, -0.15) is 0 Å². The highest BCUT2D eigenvalue weighted by Gasteiger charge is 2.33. The molecule has 0 aromatic heterocycles. The van der Waals surface area contributed by atoms with Gasteiger partial charge in [-0.15, -0.1) is 0 Å². The summed E-state index contributed by atoms with van der Waals surface area (Å²) in [7, 11) is 0. The standard InChI is InChI=1S/C16H32N2O/c1-5-14(4)15-16(19)18(12-17-15)11-9-7-6-8-10-13(2)3/h13-15,17H,5-12H2,1-4H3. The van der Waals surface area contributed by atoms with Crippen molar-refractivity contribution in [1.82, 2.24) is 10.2 Å². The number of rotatable bonds is 9. The van der Waals surface area contributed by atoms with E-state index in [1.54, 1.807) is 0 Å². The largest absolute Gasteiger partial charge is 0.329 e. The van der Waals surface area contributed by atoms with E-state index in [1.807, 2.05) is 4.90 Å². The van der Waals surface area contributed by atoms with Crippen LogP contribution < -0.4 is 5.32 Å². The minimum absolute atomic E-state index is 0.0611. The summed E-state index contributed by atoms with van der Waals surface area (Å²) in [6.07, 6.45) is 7.44. The third-order valence-corrected chi connectivity index (χ3v) is 4.25. The Morgan fingerprint density at radius 3 is 2.53 bits per heavy atom. The van der Waals surface area contributed by atoms with Crippen molar-refractivity contribution >= 4 is 5.91 Å². The first-order chi connectivity index (χ1) is 9.06. The van der Waals surface area contributed by atoms with E-state index in [0.29, 0.717) is 11.8 Å². The summed E-state index contributed by atoms with van der Waals surface area (Å²) < 4.78 is 0. The normalized spacial score (nSPS) is 21.4. The molecule has 3 heteroatoms. The van der Waals surface area contributed by atoms with Crippen LogP contribution in [0.15, 0.2) is 0 Å². The van der Waals surface area contributed by atoms with E-state index in [9.17, 15) is 4.79 Å². The predicted molar refractivity (Wildman–Crippen MR) is 80.9 cm³/mol. The van der Waals surface area contributed by atoms with E-state index < -0.39 is 0 Å². The lowest BCUT2D eigenvalue weighted by atomic mass is 9.99. The number of hydrogen-bond acceptors (Lipinski definition) is 2. The van der Waals surface area contributed by atoms with Crippen LogP contribution in [0.2, 0.25) is 0 Å². The molecule has 1 heterocycles. The van der Waals surface area contributed by atoms with E-state index in [-0.39, 0.29) is 6.04 Å². The van der Waals surface area contributed by atoms with E-state index in [1.165, 1.54) is 25.7 Å². The van der Waals surface area contributed by atoms with Crippen LogP contribution >= 0.6 is 0 Å². The average molecular weight is 268 g/mol. The van der Waals surface area contributed by atoms with Crippen molar-refractivity contribution in [2.24, 2.45) is 11.8 Å². The molecule has 0 aromatic carbocycles. The van der Waals surface area contributed by atoms with Gasteiger partial charge < -0.3 is 4.90 Å². The highest BCUT2D eigenvalue weighted by molar-refractivity contribution is 5.84. The van der Waals surface area contributed by atoms with Crippen molar-refractivity contribution in [2.75, 3.05) is 13.2 Å². The van der Waals surface area contributed by atoms with Gasteiger partial charge in [-0.3, -0.25) is 10.1 Å². The SMILES string of the molecule is CCC(C)C1NCN(CCCCCCC(C)C)C1=O. The first-order valence-electron chi connectivity index (χ1n) is 8.08. The van der Waals surface area contributed by atoms with Crippen molar-refractivity contribution in [1.29, 1.82) is 0 Å². The second-order valence-corrected chi connectivity index (χ2v) is 6.42. The Labute approximate surface area is 119 Å². The van der Waals surface area contributed by atoms with Gasteiger partial charge in [0.25, 0.3) is 0 Å². The second kappa shape index (κ2) is 8.57. The maximum atomic E-state index is 12.2. The molecule has 2 unspecified atom stereocenters. The van der Waals surface area contributed by atoms with Gasteiger partial charge in [0.15, 0.2) is 0 Å². The Kier molecular flexibility index (Phi) is 7.44. The lowest BCUT2D eigenvalue weighted by Crippen LogP contribution is -2.35. The van der Waals surface area contributed by atoms with Crippen molar-refractivity contribution in [3.05, 3.63) is 0 Å². The maximum Gasteiger partial charge on any atom is 0.241 e.